The maximum atomic E-state index is 11.5. The predicted octanol–water partition coefficient (Wildman–Crippen LogP) is 2.43. The van der Waals surface area contributed by atoms with Crippen molar-refractivity contribution in [2.45, 2.75) is 11.9 Å². The van der Waals surface area contributed by atoms with Gasteiger partial charge in [0.15, 0.2) is 5.65 Å². The van der Waals surface area contributed by atoms with E-state index in [0.29, 0.717) is 12.0 Å². The van der Waals surface area contributed by atoms with Gasteiger partial charge in [-0.25, -0.2) is 19.2 Å². The fourth-order valence-corrected chi connectivity index (χ4v) is 3.59. The highest BCUT2D eigenvalue weighted by Crippen LogP contribution is 2.32. The largest absolute Gasteiger partial charge is 0.463 e. The number of carbonyl (C=O) groups is 1. The van der Waals surface area contributed by atoms with Crippen molar-refractivity contribution < 1.29 is 9.53 Å². The quantitative estimate of drug-likeness (QED) is 0.261. The highest BCUT2D eigenvalue weighted by molar-refractivity contribution is 14.2. The number of carbonyl (C=O) groups excluding carboxylic acids is 1. The summed E-state index contributed by atoms with van der Waals surface area (Å²) in [5, 5.41) is 6.05. The molecule has 0 radical (unpaired) electrons. The molecule has 0 aliphatic carbocycles. The van der Waals surface area contributed by atoms with Crippen molar-refractivity contribution in [1.82, 2.24) is 19.5 Å². The molecule has 2 heterocycles. The Morgan fingerprint density at radius 1 is 1.50 bits per heavy atom. The standard InChI is InChI=1S/C9H10IN4O2PS/c1-4-5-7(14(13-4)17-10)11-6(9(15)16-2)12-8(5)18-3/h17H,1-3H3. The minimum atomic E-state index is -0.533. The number of rotatable bonds is 3. The summed E-state index contributed by atoms with van der Waals surface area (Å²) in [6.45, 7) is 1.91. The van der Waals surface area contributed by atoms with Gasteiger partial charge in [0.25, 0.3) is 0 Å². The summed E-state index contributed by atoms with van der Waals surface area (Å²) in [6.07, 6.45) is 2.33. The Morgan fingerprint density at radius 2 is 2.22 bits per heavy atom. The fraction of sp³-hybridized carbons (Fsp3) is 0.333. The molecule has 2 aromatic heterocycles. The molecule has 6 nitrogen and oxygen atoms in total. The first kappa shape index (κ1) is 14.0. The van der Waals surface area contributed by atoms with Gasteiger partial charge in [-0.2, -0.15) is 5.10 Å². The summed E-state index contributed by atoms with van der Waals surface area (Å²) in [5.41, 5.74) is 1.55. The van der Waals surface area contributed by atoms with Crippen LogP contribution in [0.2, 0.25) is 0 Å². The minimum Gasteiger partial charge on any atom is -0.463 e. The number of methoxy groups -OCH3 is 1. The Morgan fingerprint density at radius 3 is 2.78 bits per heavy atom. The SMILES string of the molecule is COC(=O)c1nc(SC)c2c(C)nn(PI)c2n1. The van der Waals surface area contributed by atoms with E-state index in [2.05, 4.69) is 41.8 Å². The molecule has 0 N–H and O–H groups in total. The second kappa shape index (κ2) is 5.66. The van der Waals surface area contributed by atoms with Crippen LogP contribution in [0.25, 0.3) is 11.0 Å². The molecule has 2 aromatic rings. The first-order valence-corrected chi connectivity index (χ1v) is 10.2. The lowest BCUT2D eigenvalue weighted by Crippen LogP contribution is -2.08. The normalized spacial score (nSPS) is 11.6. The molecule has 0 spiro atoms. The van der Waals surface area contributed by atoms with Gasteiger partial charge in [0, 0.05) is 0 Å². The van der Waals surface area contributed by atoms with Crippen LogP contribution in [0.4, 0.5) is 0 Å². The average Bonchev–Trinajstić information content (AvgIpc) is 2.73. The molecule has 0 aliphatic rings. The number of aromatic nitrogens is 4. The van der Waals surface area contributed by atoms with Crippen LogP contribution >= 0.6 is 40.2 Å². The van der Waals surface area contributed by atoms with E-state index in [-0.39, 0.29) is 5.82 Å². The molecule has 1 atom stereocenters. The van der Waals surface area contributed by atoms with E-state index in [1.165, 1.54) is 18.9 Å². The molecule has 0 amide bonds. The number of nitrogens with zero attached hydrogens (tertiary/aromatic N) is 4. The van der Waals surface area contributed by atoms with Crippen molar-refractivity contribution in [2.75, 3.05) is 13.4 Å². The van der Waals surface area contributed by atoms with Gasteiger partial charge in [-0.1, -0.05) is 0 Å². The summed E-state index contributed by atoms with van der Waals surface area (Å²) < 4.78 is 6.44. The van der Waals surface area contributed by atoms with Gasteiger partial charge in [-0.05, 0) is 35.2 Å². The second-order valence-electron chi connectivity index (χ2n) is 3.33. The Balaban J connectivity index is 2.77. The number of hydrogen-bond donors (Lipinski definition) is 0. The van der Waals surface area contributed by atoms with Crippen molar-refractivity contribution >= 4 is 57.2 Å². The van der Waals surface area contributed by atoms with E-state index in [0.717, 1.165) is 16.1 Å². The number of hydrogen-bond acceptors (Lipinski definition) is 6. The first-order valence-electron chi connectivity index (χ1n) is 4.88. The number of thioether (sulfide) groups is 1. The highest BCUT2D eigenvalue weighted by atomic mass is 127. The van der Waals surface area contributed by atoms with Crippen LogP contribution < -0.4 is 0 Å². The molecule has 2 rings (SSSR count). The third-order valence-corrected chi connectivity index (χ3v) is 4.84. The van der Waals surface area contributed by atoms with Crippen LogP contribution in [0.3, 0.4) is 0 Å². The van der Waals surface area contributed by atoms with Crippen molar-refractivity contribution in [1.29, 1.82) is 0 Å². The summed E-state index contributed by atoms with van der Waals surface area (Å²) in [4.78, 5) is 20.0. The maximum Gasteiger partial charge on any atom is 0.376 e. The molecule has 1 unspecified atom stereocenters. The Bertz CT molecular complexity index is 618. The Labute approximate surface area is 123 Å². The van der Waals surface area contributed by atoms with Crippen molar-refractivity contribution in [3.05, 3.63) is 11.5 Å². The van der Waals surface area contributed by atoms with E-state index in [1.54, 1.807) is 4.45 Å². The summed E-state index contributed by atoms with van der Waals surface area (Å²) >= 11 is 3.69. The topological polar surface area (TPSA) is 69.9 Å². The molecular formula is C9H10IN4O2PS. The molecule has 9 heteroatoms. The van der Waals surface area contributed by atoms with Gasteiger partial charge in [0.1, 0.15) is 5.03 Å². The Hall–Kier alpha value is -0.470. The first-order chi connectivity index (χ1) is 8.62. The van der Waals surface area contributed by atoms with Gasteiger partial charge < -0.3 is 4.74 Å². The highest BCUT2D eigenvalue weighted by Gasteiger charge is 2.19. The van der Waals surface area contributed by atoms with E-state index < -0.39 is 5.97 Å². The second-order valence-corrected chi connectivity index (χ2v) is 6.16. The average molecular weight is 396 g/mol. The van der Waals surface area contributed by atoms with E-state index in [1.807, 2.05) is 13.2 Å². The van der Waals surface area contributed by atoms with E-state index in [9.17, 15) is 4.79 Å². The minimum absolute atomic E-state index is 0.0742. The molecule has 0 aliphatic heterocycles. The number of halogens is 1. The molecule has 0 fully saturated rings. The van der Waals surface area contributed by atoms with Crippen LogP contribution in [0.5, 0.6) is 0 Å². The maximum absolute atomic E-state index is 11.5. The molecule has 18 heavy (non-hydrogen) atoms. The van der Waals surface area contributed by atoms with Gasteiger partial charge in [-0.3, -0.25) is 0 Å². The van der Waals surface area contributed by atoms with Gasteiger partial charge in [0.05, 0.1) is 24.6 Å². The number of ether oxygens (including phenoxy) is 1. The number of aryl methyl sites for hydroxylation is 1. The van der Waals surface area contributed by atoms with Crippen LogP contribution in [0.15, 0.2) is 5.03 Å². The lowest BCUT2D eigenvalue weighted by atomic mass is 10.3. The molecule has 0 aromatic carbocycles. The van der Waals surface area contributed by atoms with Gasteiger partial charge in [0.2, 0.25) is 5.82 Å². The van der Waals surface area contributed by atoms with E-state index >= 15 is 0 Å². The van der Waals surface area contributed by atoms with Crippen molar-refractivity contribution in [3.63, 3.8) is 0 Å². The summed E-state index contributed by atoms with van der Waals surface area (Å²) in [6, 6.07) is 0. The Kier molecular flexibility index (Phi) is 4.39. The lowest BCUT2D eigenvalue weighted by Gasteiger charge is -2.03. The number of esters is 1. The van der Waals surface area contributed by atoms with Gasteiger partial charge in [-0.15, -0.1) is 11.8 Å². The van der Waals surface area contributed by atoms with E-state index in [4.69, 9.17) is 0 Å². The van der Waals surface area contributed by atoms with Crippen LogP contribution in [0, 0.1) is 6.92 Å². The van der Waals surface area contributed by atoms with Crippen molar-refractivity contribution in [3.8, 4) is 0 Å². The molecule has 0 saturated carbocycles. The molecule has 0 saturated heterocycles. The molecule has 96 valence electrons. The zero-order valence-electron chi connectivity index (χ0n) is 9.89. The van der Waals surface area contributed by atoms with Crippen molar-refractivity contribution in [2.24, 2.45) is 0 Å². The van der Waals surface area contributed by atoms with Crippen LogP contribution in [-0.4, -0.2) is 38.9 Å². The fourth-order valence-electron chi connectivity index (χ4n) is 1.54. The van der Waals surface area contributed by atoms with Crippen LogP contribution in [0.1, 0.15) is 16.3 Å². The zero-order valence-corrected chi connectivity index (χ0v) is 13.9. The van der Waals surface area contributed by atoms with Crippen LogP contribution in [-0.2, 0) is 4.74 Å². The third-order valence-electron chi connectivity index (χ3n) is 2.31. The van der Waals surface area contributed by atoms with Gasteiger partial charge >= 0.3 is 5.97 Å². The predicted molar refractivity (Wildman–Crippen MR) is 80.9 cm³/mol. The molecular weight excluding hydrogens is 386 g/mol. The zero-order chi connectivity index (χ0) is 13.3. The third kappa shape index (κ3) is 2.33. The lowest BCUT2D eigenvalue weighted by molar-refractivity contribution is 0.0586. The number of fused-ring (bicyclic) bond motifs is 1. The monoisotopic (exact) mass is 396 g/mol. The smallest absolute Gasteiger partial charge is 0.376 e. The summed E-state index contributed by atoms with van der Waals surface area (Å²) in [5.74, 6) is -0.459. The molecule has 0 bridgehead atoms. The summed E-state index contributed by atoms with van der Waals surface area (Å²) in [7, 11) is 1.32.